The van der Waals surface area contributed by atoms with Gasteiger partial charge in [-0.25, -0.2) is 0 Å². The molecule has 1 rings (SSSR count). The van der Waals surface area contributed by atoms with Crippen molar-refractivity contribution < 1.29 is 13.2 Å². The summed E-state index contributed by atoms with van der Waals surface area (Å²) >= 11 is 0. The van der Waals surface area contributed by atoms with Gasteiger partial charge in [0.05, 0.1) is 0 Å². The van der Waals surface area contributed by atoms with Crippen LogP contribution in [0.3, 0.4) is 0 Å². The summed E-state index contributed by atoms with van der Waals surface area (Å²) in [7, 11) is 0. The third-order valence-corrected chi connectivity index (χ3v) is 1.34. The topological polar surface area (TPSA) is 15.6 Å². The van der Waals surface area contributed by atoms with Crippen LogP contribution in [0.1, 0.15) is 6.92 Å². The van der Waals surface area contributed by atoms with Crippen molar-refractivity contribution in [2.75, 3.05) is 13.1 Å². The van der Waals surface area contributed by atoms with Crippen LogP contribution in [0.4, 0.5) is 13.2 Å². The summed E-state index contributed by atoms with van der Waals surface area (Å²) in [6.45, 7) is 1.27. The van der Waals surface area contributed by atoms with Crippen molar-refractivity contribution in [1.29, 1.82) is 0 Å². The first-order valence-electron chi connectivity index (χ1n) is 3.33. The number of hydrogen-bond acceptors (Lipinski definition) is 2. The molecule has 0 amide bonds. The molecule has 0 N–H and O–H groups in total. The molecule has 0 aromatic carbocycles. The van der Waals surface area contributed by atoms with Gasteiger partial charge in [-0.1, -0.05) is 6.92 Å². The standard InChI is InChI=1S/C6H9F3N2/c1-5-2-10-11(3-5)4-6(7,8)9/h2,5H,3-4H2,1H3. The molecular weight excluding hydrogens is 157 g/mol. The van der Waals surface area contributed by atoms with E-state index in [0.29, 0.717) is 6.54 Å². The number of alkyl halides is 3. The highest BCUT2D eigenvalue weighted by molar-refractivity contribution is 5.61. The summed E-state index contributed by atoms with van der Waals surface area (Å²) in [6, 6.07) is 0. The van der Waals surface area contributed by atoms with Crippen molar-refractivity contribution in [2.24, 2.45) is 11.0 Å². The van der Waals surface area contributed by atoms with E-state index in [1.165, 1.54) is 6.21 Å². The van der Waals surface area contributed by atoms with Crippen LogP contribution in [0.2, 0.25) is 0 Å². The van der Waals surface area contributed by atoms with Gasteiger partial charge >= 0.3 is 6.18 Å². The second kappa shape index (κ2) is 2.71. The van der Waals surface area contributed by atoms with Gasteiger partial charge in [0.1, 0.15) is 6.54 Å². The maximum Gasteiger partial charge on any atom is 0.407 e. The van der Waals surface area contributed by atoms with Gasteiger partial charge in [-0.15, -0.1) is 0 Å². The predicted octanol–water partition coefficient (Wildman–Crippen LogP) is 1.49. The highest BCUT2D eigenvalue weighted by Crippen LogP contribution is 2.18. The van der Waals surface area contributed by atoms with Crippen LogP contribution in [0.15, 0.2) is 5.10 Å². The second-order valence-electron chi connectivity index (χ2n) is 2.70. The Bertz CT molecular complexity index is 164. The van der Waals surface area contributed by atoms with E-state index in [0.717, 1.165) is 5.01 Å². The summed E-state index contributed by atoms with van der Waals surface area (Å²) in [4.78, 5) is 0. The Morgan fingerprint density at radius 1 is 1.64 bits per heavy atom. The van der Waals surface area contributed by atoms with Crippen molar-refractivity contribution in [3.8, 4) is 0 Å². The molecule has 1 aliphatic heterocycles. The Balaban J connectivity index is 2.36. The van der Waals surface area contributed by atoms with Crippen LogP contribution >= 0.6 is 0 Å². The molecule has 0 radical (unpaired) electrons. The first-order chi connectivity index (χ1) is 4.97. The van der Waals surface area contributed by atoms with Gasteiger partial charge in [-0.3, -0.25) is 5.01 Å². The number of hydrazone groups is 1. The fourth-order valence-corrected chi connectivity index (χ4v) is 0.947. The monoisotopic (exact) mass is 166 g/mol. The highest BCUT2D eigenvalue weighted by Gasteiger charge is 2.31. The van der Waals surface area contributed by atoms with E-state index in [-0.39, 0.29) is 5.92 Å². The van der Waals surface area contributed by atoms with Crippen molar-refractivity contribution in [3.63, 3.8) is 0 Å². The minimum Gasteiger partial charge on any atom is -0.288 e. The van der Waals surface area contributed by atoms with Gasteiger partial charge in [0.15, 0.2) is 0 Å². The third kappa shape index (κ3) is 2.78. The van der Waals surface area contributed by atoms with Crippen molar-refractivity contribution in [3.05, 3.63) is 0 Å². The summed E-state index contributed by atoms with van der Waals surface area (Å²) in [5.41, 5.74) is 0. The lowest BCUT2D eigenvalue weighted by Gasteiger charge is -2.16. The van der Waals surface area contributed by atoms with Gasteiger partial charge in [-0.2, -0.15) is 18.3 Å². The molecule has 0 aliphatic carbocycles. The van der Waals surface area contributed by atoms with E-state index >= 15 is 0 Å². The van der Waals surface area contributed by atoms with E-state index in [2.05, 4.69) is 5.10 Å². The van der Waals surface area contributed by atoms with Gasteiger partial charge < -0.3 is 0 Å². The van der Waals surface area contributed by atoms with Gasteiger partial charge in [-0.05, 0) is 0 Å². The maximum absolute atomic E-state index is 11.7. The minimum atomic E-state index is -4.14. The third-order valence-electron chi connectivity index (χ3n) is 1.34. The predicted molar refractivity (Wildman–Crippen MR) is 35.3 cm³/mol. The Morgan fingerprint density at radius 2 is 2.27 bits per heavy atom. The number of rotatable bonds is 1. The zero-order valence-electron chi connectivity index (χ0n) is 6.10. The fourth-order valence-electron chi connectivity index (χ4n) is 0.947. The van der Waals surface area contributed by atoms with Crippen molar-refractivity contribution in [1.82, 2.24) is 5.01 Å². The molecular formula is C6H9F3N2. The molecule has 0 spiro atoms. The Morgan fingerprint density at radius 3 is 2.64 bits per heavy atom. The van der Waals surface area contributed by atoms with Crippen molar-refractivity contribution >= 4 is 6.21 Å². The fraction of sp³-hybridized carbons (Fsp3) is 0.833. The van der Waals surface area contributed by atoms with Crippen LogP contribution in [0, 0.1) is 5.92 Å². The molecule has 1 aliphatic rings. The van der Waals surface area contributed by atoms with Crippen LogP contribution in [0.5, 0.6) is 0 Å². The van der Waals surface area contributed by atoms with Gasteiger partial charge in [0.2, 0.25) is 0 Å². The average Bonchev–Trinajstić information content (AvgIpc) is 2.10. The summed E-state index contributed by atoms with van der Waals surface area (Å²) < 4.78 is 35.2. The number of hydrogen-bond donors (Lipinski definition) is 0. The van der Waals surface area contributed by atoms with E-state index in [1.807, 2.05) is 6.92 Å². The molecule has 64 valence electrons. The Kier molecular flexibility index (Phi) is 2.06. The lowest BCUT2D eigenvalue weighted by atomic mass is 10.2. The molecule has 0 saturated carbocycles. The SMILES string of the molecule is CC1C=NN(CC(F)(F)F)C1. The Hall–Kier alpha value is -0.740. The second-order valence-corrected chi connectivity index (χ2v) is 2.70. The van der Waals surface area contributed by atoms with Gasteiger partial charge in [0.25, 0.3) is 0 Å². The molecule has 0 saturated heterocycles. The lowest BCUT2D eigenvalue weighted by Crippen LogP contribution is -2.29. The van der Waals surface area contributed by atoms with Crippen LogP contribution in [0.25, 0.3) is 0 Å². The van der Waals surface area contributed by atoms with E-state index in [1.54, 1.807) is 0 Å². The zero-order chi connectivity index (χ0) is 8.48. The largest absolute Gasteiger partial charge is 0.407 e. The molecule has 1 atom stereocenters. The molecule has 1 unspecified atom stereocenters. The first-order valence-corrected chi connectivity index (χ1v) is 3.33. The average molecular weight is 166 g/mol. The quantitative estimate of drug-likeness (QED) is 0.576. The molecule has 2 nitrogen and oxygen atoms in total. The molecule has 1 heterocycles. The van der Waals surface area contributed by atoms with Crippen LogP contribution < -0.4 is 0 Å². The van der Waals surface area contributed by atoms with E-state index < -0.39 is 12.7 Å². The first kappa shape index (κ1) is 8.36. The molecule has 0 aromatic heterocycles. The number of nitrogens with zero attached hydrogens (tertiary/aromatic N) is 2. The summed E-state index contributed by atoms with van der Waals surface area (Å²) in [5, 5.41) is 4.62. The summed E-state index contributed by atoms with van der Waals surface area (Å²) in [5.74, 6) is 0.136. The van der Waals surface area contributed by atoms with Gasteiger partial charge in [0, 0.05) is 18.7 Å². The lowest BCUT2D eigenvalue weighted by molar-refractivity contribution is -0.145. The normalized spacial score (nSPS) is 24.7. The maximum atomic E-state index is 11.7. The molecule has 0 fully saturated rings. The zero-order valence-corrected chi connectivity index (χ0v) is 6.10. The summed E-state index contributed by atoms with van der Waals surface area (Å²) in [6.07, 6.45) is -2.60. The van der Waals surface area contributed by atoms with E-state index in [9.17, 15) is 13.2 Å². The van der Waals surface area contributed by atoms with E-state index in [4.69, 9.17) is 0 Å². The molecule has 0 bridgehead atoms. The van der Waals surface area contributed by atoms with Crippen molar-refractivity contribution in [2.45, 2.75) is 13.1 Å². The van der Waals surface area contributed by atoms with Crippen LogP contribution in [-0.2, 0) is 0 Å². The minimum absolute atomic E-state index is 0.136. The Labute approximate surface area is 62.7 Å². The molecule has 11 heavy (non-hydrogen) atoms. The molecule has 5 heteroatoms. The molecule has 0 aromatic rings. The van der Waals surface area contributed by atoms with Crippen LogP contribution in [-0.4, -0.2) is 30.5 Å². The smallest absolute Gasteiger partial charge is 0.288 e. The highest BCUT2D eigenvalue weighted by atomic mass is 19.4. The number of halogens is 3.